The Kier molecular flexibility index (Phi) is 7.08. The minimum absolute atomic E-state index is 0. The number of piperidine rings is 1. The largest absolute Gasteiger partial charge is 0.337 e. The van der Waals surface area contributed by atoms with Gasteiger partial charge in [-0.3, -0.25) is 9.48 Å². The molecule has 0 aliphatic carbocycles. The molecule has 0 aromatic carbocycles. The Bertz CT molecular complexity index is 513. The molecule has 2 heterocycles. The summed E-state index contributed by atoms with van der Waals surface area (Å²) in [6.45, 7) is 9.16. The first-order chi connectivity index (χ1) is 10.3. The molecule has 132 valence electrons. The van der Waals surface area contributed by atoms with Crippen LogP contribution in [0, 0.1) is 5.92 Å². The van der Waals surface area contributed by atoms with E-state index in [1.165, 1.54) is 6.42 Å². The molecule has 6 heteroatoms. The third-order valence-corrected chi connectivity index (χ3v) is 4.57. The van der Waals surface area contributed by atoms with E-state index in [2.05, 4.69) is 31.2 Å². The number of rotatable bonds is 4. The van der Waals surface area contributed by atoms with Crippen molar-refractivity contribution in [3.05, 3.63) is 17.5 Å². The number of amides is 1. The third kappa shape index (κ3) is 4.95. The maximum Gasteiger partial charge on any atom is 0.272 e. The first-order valence-corrected chi connectivity index (χ1v) is 8.31. The van der Waals surface area contributed by atoms with E-state index in [0.29, 0.717) is 5.69 Å². The Labute approximate surface area is 146 Å². The molecule has 1 aromatic heterocycles. The molecule has 5 nitrogen and oxygen atoms in total. The van der Waals surface area contributed by atoms with Crippen LogP contribution in [-0.4, -0.2) is 47.3 Å². The number of halogens is 1. The Morgan fingerprint density at radius 2 is 1.96 bits per heavy atom. The highest BCUT2D eigenvalue weighted by molar-refractivity contribution is 5.92. The number of likely N-dealkylation sites (tertiary alicyclic amines) is 1. The van der Waals surface area contributed by atoms with Crippen LogP contribution in [-0.2, 0) is 12.5 Å². The molecule has 0 atom stereocenters. The average Bonchev–Trinajstić information content (AvgIpc) is 2.87. The van der Waals surface area contributed by atoms with Crippen LogP contribution < -0.4 is 5.32 Å². The van der Waals surface area contributed by atoms with Gasteiger partial charge in [-0.25, -0.2) is 0 Å². The summed E-state index contributed by atoms with van der Waals surface area (Å²) in [6, 6.07) is 1.95. The highest BCUT2D eigenvalue weighted by Crippen LogP contribution is 2.24. The van der Waals surface area contributed by atoms with Gasteiger partial charge in [0.05, 0.1) is 5.69 Å². The first-order valence-electron chi connectivity index (χ1n) is 8.31. The van der Waals surface area contributed by atoms with Crippen molar-refractivity contribution in [2.24, 2.45) is 13.0 Å². The predicted molar refractivity (Wildman–Crippen MR) is 96.3 cm³/mol. The van der Waals surface area contributed by atoms with Gasteiger partial charge in [-0.1, -0.05) is 20.8 Å². The molecule has 1 fully saturated rings. The minimum Gasteiger partial charge on any atom is -0.337 e. The Balaban J connectivity index is 0.00000264. The molecule has 2 rings (SSSR count). The second kappa shape index (κ2) is 8.15. The van der Waals surface area contributed by atoms with Crippen LogP contribution in [0.4, 0.5) is 0 Å². The van der Waals surface area contributed by atoms with Crippen LogP contribution >= 0.6 is 12.4 Å². The van der Waals surface area contributed by atoms with Crippen molar-refractivity contribution in [2.75, 3.05) is 26.7 Å². The van der Waals surface area contributed by atoms with Crippen molar-refractivity contribution in [3.63, 3.8) is 0 Å². The fourth-order valence-electron chi connectivity index (χ4n) is 2.97. The number of hydrogen-bond acceptors (Lipinski definition) is 3. The number of nitrogens with one attached hydrogen (secondary N) is 1. The fraction of sp³-hybridized carbons (Fsp3) is 0.765. The number of carbonyl (C=O) groups excluding carboxylic acids is 1. The van der Waals surface area contributed by atoms with Gasteiger partial charge in [-0.05, 0) is 44.8 Å². The van der Waals surface area contributed by atoms with Crippen molar-refractivity contribution < 1.29 is 4.79 Å². The molecule has 1 amide bonds. The maximum atomic E-state index is 12.7. The first kappa shape index (κ1) is 20.0. The van der Waals surface area contributed by atoms with Crippen LogP contribution in [0.3, 0.4) is 0 Å². The molecule has 0 saturated carbocycles. The number of aromatic nitrogens is 2. The molecule has 0 unspecified atom stereocenters. The average molecular weight is 343 g/mol. The van der Waals surface area contributed by atoms with E-state index in [-0.39, 0.29) is 23.7 Å². The molecular weight excluding hydrogens is 312 g/mol. The number of carbonyl (C=O) groups is 1. The van der Waals surface area contributed by atoms with Crippen LogP contribution in [0.2, 0.25) is 0 Å². The zero-order valence-electron chi connectivity index (χ0n) is 15.1. The Morgan fingerprint density at radius 1 is 1.35 bits per heavy atom. The van der Waals surface area contributed by atoms with Gasteiger partial charge >= 0.3 is 0 Å². The van der Waals surface area contributed by atoms with E-state index >= 15 is 0 Å². The lowest BCUT2D eigenvalue weighted by Gasteiger charge is -2.32. The zero-order chi connectivity index (χ0) is 16.3. The van der Waals surface area contributed by atoms with Crippen molar-refractivity contribution in [2.45, 2.75) is 45.4 Å². The highest BCUT2D eigenvalue weighted by atomic mass is 35.5. The quantitative estimate of drug-likeness (QED) is 0.915. The minimum atomic E-state index is -0.0313. The molecule has 0 bridgehead atoms. The number of aryl methyl sites for hydroxylation is 1. The third-order valence-electron chi connectivity index (χ3n) is 4.57. The van der Waals surface area contributed by atoms with Crippen molar-refractivity contribution >= 4 is 18.3 Å². The molecule has 0 spiro atoms. The van der Waals surface area contributed by atoms with E-state index in [9.17, 15) is 4.79 Å². The molecule has 1 aliphatic rings. The van der Waals surface area contributed by atoms with E-state index in [1.807, 2.05) is 25.1 Å². The van der Waals surface area contributed by atoms with Crippen molar-refractivity contribution in [1.29, 1.82) is 0 Å². The molecule has 0 radical (unpaired) electrons. The Hall–Kier alpha value is -1.07. The van der Waals surface area contributed by atoms with Gasteiger partial charge in [0.1, 0.15) is 5.69 Å². The summed E-state index contributed by atoms with van der Waals surface area (Å²) in [6.07, 6.45) is 3.42. The summed E-state index contributed by atoms with van der Waals surface area (Å²) in [5.41, 5.74) is 1.65. The molecule has 1 aromatic rings. The summed E-state index contributed by atoms with van der Waals surface area (Å²) < 4.78 is 1.73. The second-order valence-electron chi connectivity index (χ2n) is 7.42. The smallest absolute Gasteiger partial charge is 0.272 e. The summed E-state index contributed by atoms with van der Waals surface area (Å²) in [5.74, 6) is 0.866. The van der Waals surface area contributed by atoms with Gasteiger partial charge in [-0.2, -0.15) is 5.10 Å². The van der Waals surface area contributed by atoms with E-state index < -0.39 is 0 Å². The summed E-state index contributed by atoms with van der Waals surface area (Å²) in [7, 11) is 3.86. The Morgan fingerprint density at radius 3 is 2.43 bits per heavy atom. The highest BCUT2D eigenvalue weighted by Gasteiger charge is 2.27. The van der Waals surface area contributed by atoms with Crippen molar-refractivity contribution in [1.82, 2.24) is 20.0 Å². The maximum absolute atomic E-state index is 12.7. The number of nitrogens with zero attached hydrogens (tertiary/aromatic N) is 3. The fourth-order valence-corrected chi connectivity index (χ4v) is 2.97. The van der Waals surface area contributed by atoms with E-state index in [1.54, 1.807) is 4.68 Å². The summed E-state index contributed by atoms with van der Waals surface area (Å²) in [5, 5.41) is 7.72. The van der Waals surface area contributed by atoms with Crippen LogP contribution in [0.1, 0.15) is 56.2 Å². The van der Waals surface area contributed by atoms with Crippen molar-refractivity contribution in [3.8, 4) is 0 Å². The van der Waals surface area contributed by atoms with Gasteiger partial charge in [-0.15, -0.1) is 12.4 Å². The monoisotopic (exact) mass is 342 g/mol. The predicted octanol–water partition coefficient (Wildman–Crippen LogP) is 2.60. The topological polar surface area (TPSA) is 50.2 Å². The molecular formula is C17H31ClN4O. The summed E-state index contributed by atoms with van der Waals surface area (Å²) >= 11 is 0. The van der Waals surface area contributed by atoms with Gasteiger partial charge < -0.3 is 10.2 Å². The SMILES string of the molecule is CNCCC1CCN(C(=O)c2cc(C(C)(C)C)nn2C)CC1.Cl. The normalized spacial score (nSPS) is 16.3. The molecule has 1 saturated heterocycles. The lowest BCUT2D eigenvalue weighted by molar-refractivity contribution is 0.0676. The van der Waals surface area contributed by atoms with Gasteiger partial charge in [0.25, 0.3) is 5.91 Å². The zero-order valence-corrected chi connectivity index (χ0v) is 15.9. The van der Waals surface area contributed by atoms with Gasteiger partial charge in [0, 0.05) is 25.6 Å². The molecule has 1 N–H and O–H groups in total. The van der Waals surface area contributed by atoms with Crippen LogP contribution in [0.15, 0.2) is 6.07 Å². The van der Waals surface area contributed by atoms with E-state index in [4.69, 9.17) is 0 Å². The van der Waals surface area contributed by atoms with Gasteiger partial charge in [0.15, 0.2) is 0 Å². The van der Waals surface area contributed by atoms with E-state index in [0.717, 1.165) is 44.1 Å². The second-order valence-corrected chi connectivity index (χ2v) is 7.42. The lowest BCUT2D eigenvalue weighted by Crippen LogP contribution is -2.39. The van der Waals surface area contributed by atoms with Crippen LogP contribution in [0.5, 0.6) is 0 Å². The number of hydrogen-bond donors (Lipinski definition) is 1. The standard InChI is InChI=1S/C17H30N4O.ClH/c1-17(2,3)15-12-14(20(5)19-15)16(22)21-10-7-13(8-11-21)6-9-18-4;/h12-13,18H,6-11H2,1-5H3;1H. The van der Waals surface area contributed by atoms with Crippen LogP contribution in [0.25, 0.3) is 0 Å². The summed E-state index contributed by atoms with van der Waals surface area (Å²) in [4.78, 5) is 14.7. The molecule has 23 heavy (non-hydrogen) atoms. The molecule has 1 aliphatic heterocycles. The van der Waals surface area contributed by atoms with Gasteiger partial charge in [0.2, 0.25) is 0 Å². The lowest BCUT2D eigenvalue weighted by atomic mass is 9.92.